The fraction of sp³-hybridized carbons (Fsp3) is 0.312. The largest absolute Gasteiger partial charge is 0.456 e. The molecule has 1 aromatic carbocycles. The number of hydrogen-bond acceptors (Lipinski definition) is 5. The van der Waals surface area contributed by atoms with E-state index in [2.05, 4.69) is 0 Å². The van der Waals surface area contributed by atoms with Crippen molar-refractivity contribution in [3.05, 3.63) is 55.6 Å². The van der Waals surface area contributed by atoms with Crippen LogP contribution in [0.5, 0.6) is 0 Å². The number of carbonyl (C=O) groups is 2. The quantitative estimate of drug-likeness (QED) is 0.626. The summed E-state index contributed by atoms with van der Waals surface area (Å²) in [7, 11) is 0. The standard InChI is InChI=1S/C16H17NO4S/c1-10-4-5-13(6-11(10)2)14(18)8-21-15(19)7-17-12(3)9-22-16(17)20/h4-6,9H,7-8H2,1-3H3. The van der Waals surface area contributed by atoms with Gasteiger partial charge in [-0.1, -0.05) is 23.5 Å². The van der Waals surface area contributed by atoms with Crippen LogP contribution in [0, 0.1) is 20.8 Å². The molecule has 0 aliphatic rings. The average Bonchev–Trinajstić information content (AvgIpc) is 2.79. The monoisotopic (exact) mass is 319 g/mol. The van der Waals surface area contributed by atoms with Crippen LogP contribution in [0.1, 0.15) is 27.2 Å². The first-order chi connectivity index (χ1) is 10.4. The molecule has 0 fully saturated rings. The Hall–Kier alpha value is -2.21. The third-order valence-electron chi connectivity index (χ3n) is 3.46. The number of aryl methyl sites for hydroxylation is 3. The van der Waals surface area contributed by atoms with E-state index in [1.165, 1.54) is 4.57 Å². The second-order valence-corrected chi connectivity index (χ2v) is 5.93. The lowest BCUT2D eigenvalue weighted by Crippen LogP contribution is -2.24. The number of rotatable bonds is 5. The minimum Gasteiger partial charge on any atom is -0.456 e. The topological polar surface area (TPSA) is 65.4 Å². The van der Waals surface area contributed by atoms with Crippen molar-refractivity contribution in [2.24, 2.45) is 0 Å². The SMILES string of the molecule is Cc1ccc(C(=O)COC(=O)Cn2c(C)csc2=O)cc1C. The molecule has 5 nitrogen and oxygen atoms in total. The fourth-order valence-corrected chi connectivity index (χ4v) is 2.65. The summed E-state index contributed by atoms with van der Waals surface area (Å²) in [5.74, 6) is -0.855. The van der Waals surface area contributed by atoms with Crippen LogP contribution in [0.4, 0.5) is 0 Å². The van der Waals surface area contributed by atoms with Crippen LogP contribution in [0.15, 0.2) is 28.4 Å². The van der Waals surface area contributed by atoms with Gasteiger partial charge in [-0.05, 0) is 38.0 Å². The molecule has 0 aliphatic carbocycles. The molecule has 0 N–H and O–H groups in total. The first-order valence-electron chi connectivity index (χ1n) is 6.79. The zero-order valence-electron chi connectivity index (χ0n) is 12.7. The molecule has 0 spiro atoms. The molecule has 1 heterocycles. The van der Waals surface area contributed by atoms with Gasteiger partial charge in [0.1, 0.15) is 6.54 Å². The molecule has 0 unspecified atom stereocenters. The van der Waals surface area contributed by atoms with Crippen molar-refractivity contribution in [2.45, 2.75) is 27.3 Å². The van der Waals surface area contributed by atoms with E-state index in [0.717, 1.165) is 22.5 Å². The Kier molecular flexibility index (Phi) is 4.92. The van der Waals surface area contributed by atoms with E-state index in [1.807, 2.05) is 19.9 Å². The van der Waals surface area contributed by atoms with Gasteiger partial charge in [0, 0.05) is 16.6 Å². The van der Waals surface area contributed by atoms with Gasteiger partial charge in [-0.2, -0.15) is 0 Å². The minimum absolute atomic E-state index is 0.172. The van der Waals surface area contributed by atoms with Gasteiger partial charge in [-0.15, -0.1) is 0 Å². The highest BCUT2D eigenvalue weighted by Crippen LogP contribution is 2.10. The van der Waals surface area contributed by atoms with Crippen LogP contribution >= 0.6 is 11.3 Å². The maximum Gasteiger partial charge on any atom is 0.326 e. The second-order valence-electron chi connectivity index (χ2n) is 5.11. The zero-order chi connectivity index (χ0) is 16.3. The van der Waals surface area contributed by atoms with Gasteiger partial charge in [-0.3, -0.25) is 19.0 Å². The van der Waals surface area contributed by atoms with E-state index in [4.69, 9.17) is 4.74 Å². The van der Waals surface area contributed by atoms with Crippen LogP contribution in [-0.2, 0) is 16.1 Å². The minimum atomic E-state index is -0.596. The predicted molar refractivity (Wildman–Crippen MR) is 84.5 cm³/mol. The molecule has 0 bridgehead atoms. The number of Topliss-reactive ketones (excluding diaryl/α,β-unsaturated/α-hetero) is 1. The van der Waals surface area contributed by atoms with Crippen LogP contribution in [0.3, 0.4) is 0 Å². The van der Waals surface area contributed by atoms with E-state index in [0.29, 0.717) is 11.3 Å². The molecule has 0 aliphatic heterocycles. The summed E-state index contributed by atoms with van der Waals surface area (Å²) < 4.78 is 6.29. The zero-order valence-corrected chi connectivity index (χ0v) is 13.5. The lowest BCUT2D eigenvalue weighted by molar-refractivity contribution is -0.143. The van der Waals surface area contributed by atoms with Gasteiger partial charge in [-0.25, -0.2) is 0 Å². The molecule has 1 aromatic heterocycles. The van der Waals surface area contributed by atoms with E-state index in [1.54, 1.807) is 24.4 Å². The number of ether oxygens (including phenoxy) is 1. The smallest absolute Gasteiger partial charge is 0.326 e. The molecular formula is C16H17NO4S. The lowest BCUT2D eigenvalue weighted by atomic mass is 10.0. The number of carbonyl (C=O) groups excluding carboxylic acids is 2. The Bertz CT molecular complexity index is 773. The summed E-state index contributed by atoms with van der Waals surface area (Å²) >= 11 is 1.03. The molecule has 116 valence electrons. The highest BCUT2D eigenvalue weighted by Gasteiger charge is 2.13. The first kappa shape index (κ1) is 16.2. The maximum atomic E-state index is 12.0. The van der Waals surface area contributed by atoms with Gasteiger partial charge in [0.2, 0.25) is 0 Å². The van der Waals surface area contributed by atoms with Crippen molar-refractivity contribution in [2.75, 3.05) is 6.61 Å². The highest BCUT2D eigenvalue weighted by atomic mass is 32.1. The average molecular weight is 319 g/mol. The van der Waals surface area contributed by atoms with Gasteiger partial charge < -0.3 is 4.74 Å². The second kappa shape index (κ2) is 6.70. The van der Waals surface area contributed by atoms with Crippen molar-refractivity contribution in [3.8, 4) is 0 Å². The van der Waals surface area contributed by atoms with Crippen LogP contribution < -0.4 is 4.87 Å². The number of benzene rings is 1. The highest BCUT2D eigenvalue weighted by molar-refractivity contribution is 7.07. The Morgan fingerprint density at radius 1 is 1.18 bits per heavy atom. The summed E-state index contributed by atoms with van der Waals surface area (Å²) in [6, 6.07) is 5.35. The van der Waals surface area contributed by atoms with E-state index in [-0.39, 0.29) is 23.8 Å². The van der Waals surface area contributed by atoms with Gasteiger partial charge in [0.25, 0.3) is 0 Å². The fourth-order valence-electron chi connectivity index (χ4n) is 1.92. The Morgan fingerprint density at radius 2 is 1.91 bits per heavy atom. The number of nitrogens with zero attached hydrogens (tertiary/aromatic N) is 1. The van der Waals surface area contributed by atoms with Crippen molar-refractivity contribution >= 4 is 23.1 Å². The van der Waals surface area contributed by atoms with Crippen molar-refractivity contribution in [3.63, 3.8) is 0 Å². The normalized spacial score (nSPS) is 10.5. The summed E-state index contributed by atoms with van der Waals surface area (Å²) in [6.07, 6.45) is 0. The molecule has 0 saturated carbocycles. The molecule has 0 saturated heterocycles. The molecule has 2 aromatic rings. The molecule has 0 atom stereocenters. The van der Waals surface area contributed by atoms with Crippen LogP contribution in [0.2, 0.25) is 0 Å². The van der Waals surface area contributed by atoms with Crippen molar-refractivity contribution in [1.82, 2.24) is 4.57 Å². The molecule has 2 rings (SSSR count). The van der Waals surface area contributed by atoms with Crippen molar-refractivity contribution < 1.29 is 14.3 Å². The van der Waals surface area contributed by atoms with E-state index >= 15 is 0 Å². The molecule has 0 amide bonds. The predicted octanol–water partition coefficient (Wildman–Crippen LogP) is 2.26. The van der Waals surface area contributed by atoms with E-state index in [9.17, 15) is 14.4 Å². The Labute approximate surface area is 132 Å². The Morgan fingerprint density at radius 3 is 2.50 bits per heavy atom. The number of hydrogen-bond donors (Lipinski definition) is 0. The molecular weight excluding hydrogens is 302 g/mol. The van der Waals surface area contributed by atoms with Crippen LogP contribution in [-0.4, -0.2) is 22.9 Å². The van der Waals surface area contributed by atoms with Crippen molar-refractivity contribution in [1.29, 1.82) is 0 Å². The summed E-state index contributed by atoms with van der Waals surface area (Å²) in [6.45, 7) is 5.13. The van der Waals surface area contributed by atoms with Gasteiger partial charge in [0.15, 0.2) is 12.4 Å². The lowest BCUT2D eigenvalue weighted by Gasteiger charge is -2.07. The molecule has 0 radical (unpaired) electrons. The number of ketones is 1. The van der Waals surface area contributed by atoms with E-state index < -0.39 is 5.97 Å². The summed E-state index contributed by atoms with van der Waals surface area (Å²) in [4.78, 5) is 35.0. The third kappa shape index (κ3) is 3.71. The first-order valence-corrected chi connectivity index (χ1v) is 7.67. The molecule has 22 heavy (non-hydrogen) atoms. The summed E-state index contributed by atoms with van der Waals surface area (Å²) in [5, 5.41) is 1.68. The number of aromatic nitrogens is 1. The number of esters is 1. The maximum absolute atomic E-state index is 12.0. The third-order valence-corrected chi connectivity index (χ3v) is 4.34. The van der Waals surface area contributed by atoms with Crippen LogP contribution in [0.25, 0.3) is 0 Å². The van der Waals surface area contributed by atoms with Gasteiger partial charge >= 0.3 is 10.8 Å². The number of thiazole rings is 1. The summed E-state index contributed by atoms with van der Waals surface area (Å²) in [5.41, 5.74) is 3.32. The Balaban J connectivity index is 1.94. The molecule has 6 heteroatoms. The van der Waals surface area contributed by atoms with Gasteiger partial charge in [0.05, 0.1) is 0 Å².